The lowest BCUT2D eigenvalue weighted by Gasteiger charge is -2.24. The zero-order chi connectivity index (χ0) is 22.7. The highest BCUT2D eigenvalue weighted by molar-refractivity contribution is 7.53. The molecule has 2 rings (SSSR count). The summed E-state index contributed by atoms with van der Waals surface area (Å²) in [4.78, 5) is 23.9. The molecule has 0 saturated carbocycles. The number of carbonyl (C=O) groups is 2. The van der Waals surface area contributed by atoms with Crippen LogP contribution in [0.2, 0.25) is 0 Å². The number of methoxy groups -OCH3 is 2. The van der Waals surface area contributed by atoms with Crippen LogP contribution < -0.4 is 0 Å². The third-order valence-corrected chi connectivity index (χ3v) is 6.43. The fourth-order valence-corrected chi connectivity index (χ4v) is 4.64. The van der Waals surface area contributed by atoms with Gasteiger partial charge in [0.2, 0.25) is 0 Å². The van der Waals surface area contributed by atoms with E-state index in [0.29, 0.717) is 0 Å². The van der Waals surface area contributed by atoms with Crippen molar-refractivity contribution in [3.05, 3.63) is 71.8 Å². The zero-order valence-corrected chi connectivity index (χ0v) is 18.4. The predicted octanol–water partition coefficient (Wildman–Crippen LogP) is 3.33. The Hall–Kier alpha value is -2.51. The molecule has 2 aromatic rings. The van der Waals surface area contributed by atoms with Gasteiger partial charge in [0, 0.05) is 0 Å². The Kier molecular flexibility index (Phi) is 9.88. The van der Waals surface area contributed by atoms with Crippen molar-refractivity contribution in [2.45, 2.75) is 25.7 Å². The van der Waals surface area contributed by atoms with Crippen LogP contribution in [0.5, 0.6) is 0 Å². The largest absolute Gasteiger partial charge is 0.469 e. The van der Waals surface area contributed by atoms with Crippen molar-refractivity contribution >= 4 is 19.5 Å². The summed E-state index contributed by atoms with van der Waals surface area (Å²) in [5.74, 6) is -2.74. The van der Waals surface area contributed by atoms with E-state index in [1.807, 2.05) is 36.4 Å². The smallest absolute Gasteiger partial charge is 0.334 e. The van der Waals surface area contributed by atoms with Crippen LogP contribution in [0.25, 0.3) is 0 Å². The van der Waals surface area contributed by atoms with Crippen molar-refractivity contribution in [2.75, 3.05) is 20.4 Å². The van der Waals surface area contributed by atoms with E-state index < -0.39 is 31.6 Å². The van der Waals surface area contributed by atoms with Crippen LogP contribution in [0.1, 0.15) is 17.5 Å². The fraction of sp³-hybridized carbons (Fsp3) is 0.364. The van der Waals surface area contributed by atoms with Crippen molar-refractivity contribution < 1.29 is 37.8 Å². The lowest BCUT2D eigenvalue weighted by Crippen LogP contribution is -2.31. The molecule has 1 N–H and O–H groups in total. The van der Waals surface area contributed by atoms with E-state index in [9.17, 15) is 19.3 Å². The van der Waals surface area contributed by atoms with Gasteiger partial charge < -0.3 is 23.6 Å². The van der Waals surface area contributed by atoms with Crippen LogP contribution in [-0.4, -0.2) is 43.5 Å². The van der Waals surface area contributed by atoms with Crippen LogP contribution in [0.3, 0.4) is 0 Å². The quantitative estimate of drug-likeness (QED) is 0.388. The Bertz CT molecular complexity index is 824. The number of hydrogen-bond donors (Lipinski definition) is 1. The molecular weight excluding hydrogens is 423 g/mol. The standard InChI is InChI=1S/C22H27O8P/c1-27-21(24)19(13-20(23)22(25)28-2)16-31(26,29-14-17-9-5-3-6-10-17)30-15-18-11-7-4-8-12-18/h3-12,19-20,23H,13-16H2,1-2H3. The molecule has 0 radical (unpaired) electrons. The molecule has 0 fully saturated rings. The molecule has 31 heavy (non-hydrogen) atoms. The molecule has 0 aliphatic heterocycles. The van der Waals surface area contributed by atoms with Crippen LogP contribution in [-0.2, 0) is 45.9 Å². The maximum atomic E-state index is 13.6. The Morgan fingerprint density at radius 2 is 1.29 bits per heavy atom. The number of carbonyl (C=O) groups excluding carboxylic acids is 2. The SMILES string of the molecule is COC(=O)C(O)CC(CP(=O)(OCc1ccccc1)OCc1ccccc1)C(=O)OC. The van der Waals surface area contributed by atoms with E-state index in [2.05, 4.69) is 4.74 Å². The number of esters is 2. The lowest BCUT2D eigenvalue weighted by atomic mass is 10.0. The van der Waals surface area contributed by atoms with Gasteiger partial charge in [-0.05, 0) is 17.5 Å². The van der Waals surface area contributed by atoms with E-state index in [4.69, 9.17) is 13.8 Å². The highest BCUT2D eigenvalue weighted by Crippen LogP contribution is 2.52. The predicted molar refractivity (Wildman–Crippen MR) is 113 cm³/mol. The molecule has 0 aromatic heterocycles. The Morgan fingerprint density at radius 1 is 0.839 bits per heavy atom. The second-order valence-corrected chi connectivity index (χ2v) is 8.91. The van der Waals surface area contributed by atoms with E-state index in [1.165, 1.54) is 7.11 Å². The first-order chi connectivity index (χ1) is 14.9. The van der Waals surface area contributed by atoms with Gasteiger partial charge in [0.15, 0.2) is 6.10 Å². The highest BCUT2D eigenvalue weighted by atomic mass is 31.2. The Balaban J connectivity index is 2.19. The van der Waals surface area contributed by atoms with Crippen molar-refractivity contribution in [1.82, 2.24) is 0 Å². The molecule has 168 valence electrons. The van der Waals surface area contributed by atoms with Gasteiger partial charge >= 0.3 is 19.5 Å². The average Bonchev–Trinajstić information content (AvgIpc) is 2.81. The van der Waals surface area contributed by atoms with E-state index in [0.717, 1.165) is 18.2 Å². The second-order valence-electron chi connectivity index (χ2n) is 6.81. The third-order valence-electron chi connectivity index (χ3n) is 4.50. The molecule has 0 amide bonds. The number of ether oxygens (including phenoxy) is 2. The first kappa shape index (κ1) is 24.8. The van der Waals surface area contributed by atoms with Crippen molar-refractivity contribution in [3.63, 3.8) is 0 Å². The lowest BCUT2D eigenvalue weighted by molar-refractivity contribution is -0.153. The Labute approximate surface area is 181 Å². The molecule has 0 saturated heterocycles. The first-order valence-corrected chi connectivity index (χ1v) is 11.4. The van der Waals surface area contributed by atoms with Crippen molar-refractivity contribution in [3.8, 4) is 0 Å². The summed E-state index contributed by atoms with van der Waals surface area (Å²) in [7, 11) is -1.54. The van der Waals surface area contributed by atoms with Gasteiger partial charge in [0.1, 0.15) is 0 Å². The number of hydrogen-bond acceptors (Lipinski definition) is 8. The first-order valence-electron chi connectivity index (χ1n) is 9.66. The minimum atomic E-state index is -3.83. The molecule has 2 atom stereocenters. The zero-order valence-electron chi connectivity index (χ0n) is 17.5. The van der Waals surface area contributed by atoms with Gasteiger partial charge in [-0.3, -0.25) is 9.36 Å². The molecule has 2 aromatic carbocycles. The fourth-order valence-electron chi connectivity index (χ4n) is 2.82. The maximum Gasteiger partial charge on any atom is 0.334 e. The molecule has 0 aliphatic rings. The second kappa shape index (κ2) is 12.4. The summed E-state index contributed by atoms with van der Waals surface area (Å²) in [5.41, 5.74) is 1.55. The Morgan fingerprint density at radius 3 is 1.71 bits per heavy atom. The molecule has 0 spiro atoms. The number of rotatable bonds is 12. The summed E-state index contributed by atoms with van der Waals surface area (Å²) in [6, 6.07) is 18.2. The van der Waals surface area contributed by atoms with Crippen LogP contribution in [0.15, 0.2) is 60.7 Å². The summed E-state index contributed by atoms with van der Waals surface area (Å²) in [5, 5.41) is 9.99. The van der Waals surface area contributed by atoms with Gasteiger partial charge in [0.25, 0.3) is 0 Å². The molecule has 0 aliphatic carbocycles. The van der Waals surface area contributed by atoms with Crippen LogP contribution in [0.4, 0.5) is 0 Å². The maximum absolute atomic E-state index is 13.6. The molecule has 2 unspecified atom stereocenters. The number of benzene rings is 2. The molecular formula is C22H27O8P. The molecule has 0 heterocycles. The van der Waals surface area contributed by atoms with Gasteiger partial charge in [0.05, 0.1) is 39.5 Å². The van der Waals surface area contributed by atoms with Gasteiger partial charge in [-0.1, -0.05) is 60.7 Å². The number of aliphatic hydroxyl groups is 1. The summed E-state index contributed by atoms with van der Waals surface area (Å²) in [6.45, 7) is 0.000705. The number of aliphatic hydroxyl groups excluding tert-OH is 1. The monoisotopic (exact) mass is 450 g/mol. The molecule has 8 nitrogen and oxygen atoms in total. The van der Waals surface area contributed by atoms with Gasteiger partial charge in [-0.2, -0.15) is 0 Å². The summed E-state index contributed by atoms with van der Waals surface area (Å²) < 4.78 is 34.1. The van der Waals surface area contributed by atoms with Crippen molar-refractivity contribution in [1.29, 1.82) is 0 Å². The van der Waals surface area contributed by atoms with E-state index in [1.54, 1.807) is 24.3 Å². The topological polar surface area (TPSA) is 108 Å². The van der Waals surface area contributed by atoms with E-state index in [-0.39, 0.29) is 25.8 Å². The average molecular weight is 450 g/mol. The normalized spacial score (nSPS) is 13.3. The van der Waals surface area contributed by atoms with Crippen LogP contribution in [0, 0.1) is 5.92 Å². The summed E-state index contributed by atoms with van der Waals surface area (Å²) >= 11 is 0. The highest BCUT2D eigenvalue weighted by Gasteiger charge is 2.36. The van der Waals surface area contributed by atoms with E-state index >= 15 is 0 Å². The van der Waals surface area contributed by atoms with Gasteiger partial charge in [-0.25, -0.2) is 4.79 Å². The molecule has 0 bridgehead atoms. The minimum absolute atomic E-state index is 0.000352. The third kappa shape index (κ3) is 8.26. The van der Waals surface area contributed by atoms with Gasteiger partial charge in [-0.15, -0.1) is 0 Å². The summed E-state index contributed by atoms with van der Waals surface area (Å²) in [6.07, 6.45) is -2.29. The molecule has 9 heteroatoms. The minimum Gasteiger partial charge on any atom is -0.469 e. The van der Waals surface area contributed by atoms with Crippen LogP contribution >= 0.6 is 7.60 Å². The van der Waals surface area contributed by atoms with Crippen molar-refractivity contribution in [2.24, 2.45) is 5.92 Å².